The summed E-state index contributed by atoms with van der Waals surface area (Å²) < 4.78 is 0. The molecule has 0 aliphatic heterocycles. The van der Waals surface area contributed by atoms with Crippen LogP contribution in [0.4, 0.5) is 11.4 Å². The first kappa shape index (κ1) is 15.0. The second-order valence-electron chi connectivity index (χ2n) is 4.62. The first-order chi connectivity index (χ1) is 9.03. The number of benzene rings is 1. The highest BCUT2D eigenvalue weighted by atomic mass is 16.6. The summed E-state index contributed by atoms with van der Waals surface area (Å²) in [4.78, 5) is 12.3. The van der Waals surface area contributed by atoms with Crippen LogP contribution < -0.4 is 4.90 Å². The van der Waals surface area contributed by atoms with E-state index in [2.05, 4.69) is 24.8 Å². The molecule has 5 heteroatoms. The van der Waals surface area contributed by atoms with Crippen molar-refractivity contribution in [1.29, 1.82) is 5.26 Å². The van der Waals surface area contributed by atoms with E-state index in [1.54, 1.807) is 6.07 Å². The standard InChI is InChI=1S/C14H19N3O2/c1-4-11(3)10-16(5-2)14-7-6-13(17(18)19)8-12(14)9-15/h6-8,11H,4-5,10H2,1-3H3. The maximum absolute atomic E-state index is 10.7. The van der Waals surface area contributed by atoms with Crippen LogP contribution in [0.15, 0.2) is 18.2 Å². The minimum atomic E-state index is -0.477. The molecule has 102 valence electrons. The number of nitrogens with zero attached hydrogens (tertiary/aromatic N) is 3. The van der Waals surface area contributed by atoms with Crippen LogP contribution >= 0.6 is 0 Å². The average Bonchev–Trinajstić information content (AvgIpc) is 2.43. The lowest BCUT2D eigenvalue weighted by molar-refractivity contribution is -0.384. The molecule has 0 aliphatic carbocycles. The van der Waals surface area contributed by atoms with Gasteiger partial charge in [-0.05, 0) is 18.9 Å². The Bertz CT molecular complexity index is 494. The third-order valence-corrected chi connectivity index (χ3v) is 3.26. The molecule has 0 saturated heterocycles. The van der Waals surface area contributed by atoms with Crippen molar-refractivity contribution < 1.29 is 4.92 Å². The molecule has 0 aliphatic rings. The maximum atomic E-state index is 10.7. The smallest absolute Gasteiger partial charge is 0.270 e. The molecule has 0 N–H and O–H groups in total. The van der Waals surface area contributed by atoms with Crippen molar-refractivity contribution in [2.45, 2.75) is 27.2 Å². The molecule has 0 radical (unpaired) electrons. The lowest BCUT2D eigenvalue weighted by Gasteiger charge is -2.26. The van der Waals surface area contributed by atoms with Crippen molar-refractivity contribution in [3.05, 3.63) is 33.9 Å². The molecule has 1 atom stereocenters. The van der Waals surface area contributed by atoms with Gasteiger partial charge in [-0.3, -0.25) is 10.1 Å². The Kier molecular flexibility index (Phi) is 5.31. The summed E-state index contributed by atoms with van der Waals surface area (Å²) in [5.74, 6) is 0.515. The van der Waals surface area contributed by atoms with E-state index in [9.17, 15) is 10.1 Å². The average molecular weight is 261 g/mol. The van der Waals surface area contributed by atoms with Crippen LogP contribution in [0.5, 0.6) is 0 Å². The van der Waals surface area contributed by atoms with Gasteiger partial charge >= 0.3 is 0 Å². The van der Waals surface area contributed by atoms with Gasteiger partial charge in [-0.1, -0.05) is 20.3 Å². The topological polar surface area (TPSA) is 70.2 Å². The minimum Gasteiger partial charge on any atom is -0.370 e. The van der Waals surface area contributed by atoms with E-state index >= 15 is 0 Å². The maximum Gasteiger partial charge on any atom is 0.270 e. The molecule has 0 amide bonds. The summed E-state index contributed by atoms with van der Waals surface area (Å²) in [6.45, 7) is 7.92. The normalized spacial score (nSPS) is 11.7. The number of hydrogen-bond donors (Lipinski definition) is 0. The van der Waals surface area contributed by atoms with Gasteiger partial charge in [0, 0.05) is 25.2 Å². The van der Waals surface area contributed by atoms with E-state index in [1.807, 2.05) is 6.92 Å². The van der Waals surface area contributed by atoms with Crippen LogP contribution in [0, 0.1) is 27.4 Å². The lowest BCUT2D eigenvalue weighted by atomic mass is 10.1. The van der Waals surface area contributed by atoms with Crippen molar-refractivity contribution in [2.24, 2.45) is 5.92 Å². The van der Waals surface area contributed by atoms with Crippen LogP contribution in [0.1, 0.15) is 32.8 Å². The van der Waals surface area contributed by atoms with E-state index in [4.69, 9.17) is 5.26 Å². The van der Waals surface area contributed by atoms with Gasteiger partial charge in [-0.25, -0.2) is 0 Å². The summed E-state index contributed by atoms with van der Waals surface area (Å²) in [5, 5.41) is 19.9. The van der Waals surface area contributed by atoms with Crippen molar-refractivity contribution >= 4 is 11.4 Å². The van der Waals surface area contributed by atoms with Gasteiger partial charge in [0.25, 0.3) is 5.69 Å². The number of rotatable bonds is 6. The highest BCUT2D eigenvalue weighted by Gasteiger charge is 2.16. The molecule has 5 nitrogen and oxygen atoms in total. The Morgan fingerprint density at radius 1 is 1.47 bits per heavy atom. The monoisotopic (exact) mass is 261 g/mol. The van der Waals surface area contributed by atoms with Crippen molar-refractivity contribution in [3.63, 3.8) is 0 Å². The number of nitro groups is 1. The summed E-state index contributed by atoms with van der Waals surface area (Å²) in [7, 11) is 0. The van der Waals surface area contributed by atoms with Gasteiger partial charge in [0.2, 0.25) is 0 Å². The van der Waals surface area contributed by atoms with Crippen LogP contribution in [0.25, 0.3) is 0 Å². The van der Waals surface area contributed by atoms with E-state index in [0.717, 1.165) is 25.2 Å². The molecule has 1 aromatic carbocycles. The third-order valence-electron chi connectivity index (χ3n) is 3.26. The molecular weight excluding hydrogens is 242 g/mol. The van der Waals surface area contributed by atoms with Gasteiger partial charge in [-0.15, -0.1) is 0 Å². The van der Waals surface area contributed by atoms with E-state index in [-0.39, 0.29) is 5.69 Å². The molecule has 0 saturated carbocycles. The molecule has 0 spiro atoms. The van der Waals surface area contributed by atoms with Gasteiger partial charge in [0.1, 0.15) is 6.07 Å². The molecular formula is C14H19N3O2. The van der Waals surface area contributed by atoms with E-state index in [0.29, 0.717) is 11.5 Å². The van der Waals surface area contributed by atoms with Crippen LogP contribution in [-0.2, 0) is 0 Å². The zero-order chi connectivity index (χ0) is 14.4. The fourth-order valence-electron chi connectivity index (χ4n) is 1.91. The van der Waals surface area contributed by atoms with Crippen LogP contribution in [-0.4, -0.2) is 18.0 Å². The Labute approximate surface area is 113 Å². The predicted molar refractivity (Wildman–Crippen MR) is 75.2 cm³/mol. The molecule has 0 heterocycles. The minimum absolute atomic E-state index is 0.0418. The molecule has 19 heavy (non-hydrogen) atoms. The van der Waals surface area contributed by atoms with Crippen molar-refractivity contribution in [2.75, 3.05) is 18.0 Å². The number of nitro benzene ring substituents is 1. The first-order valence-corrected chi connectivity index (χ1v) is 6.46. The molecule has 1 aromatic rings. The zero-order valence-corrected chi connectivity index (χ0v) is 11.6. The Morgan fingerprint density at radius 3 is 2.63 bits per heavy atom. The Morgan fingerprint density at radius 2 is 2.16 bits per heavy atom. The molecule has 0 bridgehead atoms. The highest BCUT2D eigenvalue weighted by molar-refractivity contribution is 5.62. The fraction of sp³-hybridized carbons (Fsp3) is 0.500. The number of non-ortho nitro benzene ring substituents is 1. The van der Waals surface area contributed by atoms with Gasteiger partial charge < -0.3 is 4.90 Å². The summed E-state index contributed by atoms with van der Waals surface area (Å²) in [6.07, 6.45) is 1.06. The largest absolute Gasteiger partial charge is 0.370 e. The SMILES string of the molecule is CCC(C)CN(CC)c1ccc([N+](=O)[O-])cc1C#N. The quantitative estimate of drug-likeness (QED) is 0.581. The molecule has 1 rings (SSSR count). The second kappa shape index (κ2) is 6.74. The molecule has 0 aromatic heterocycles. The van der Waals surface area contributed by atoms with Gasteiger partial charge in [0.15, 0.2) is 0 Å². The second-order valence-corrected chi connectivity index (χ2v) is 4.62. The third kappa shape index (κ3) is 3.68. The number of hydrogen-bond acceptors (Lipinski definition) is 4. The Hall–Kier alpha value is -2.09. The predicted octanol–water partition coefficient (Wildman–Crippen LogP) is 3.34. The summed E-state index contributed by atoms with van der Waals surface area (Å²) in [6, 6.07) is 6.52. The van der Waals surface area contributed by atoms with Crippen LogP contribution in [0.3, 0.4) is 0 Å². The van der Waals surface area contributed by atoms with Gasteiger partial charge in [0.05, 0.1) is 16.2 Å². The zero-order valence-electron chi connectivity index (χ0n) is 11.6. The lowest BCUT2D eigenvalue weighted by Crippen LogP contribution is -2.28. The first-order valence-electron chi connectivity index (χ1n) is 6.46. The van der Waals surface area contributed by atoms with Crippen molar-refractivity contribution in [1.82, 2.24) is 0 Å². The van der Waals surface area contributed by atoms with Crippen molar-refractivity contribution in [3.8, 4) is 6.07 Å². The van der Waals surface area contributed by atoms with E-state index in [1.165, 1.54) is 12.1 Å². The highest BCUT2D eigenvalue weighted by Crippen LogP contribution is 2.25. The van der Waals surface area contributed by atoms with E-state index < -0.39 is 4.92 Å². The van der Waals surface area contributed by atoms with Gasteiger partial charge in [-0.2, -0.15) is 5.26 Å². The summed E-state index contributed by atoms with van der Waals surface area (Å²) in [5.41, 5.74) is 1.09. The number of nitriles is 1. The fourth-order valence-corrected chi connectivity index (χ4v) is 1.91. The molecule has 0 fully saturated rings. The van der Waals surface area contributed by atoms with Crippen LogP contribution in [0.2, 0.25) is 0 Å². The summed E-state index contributed by atoms with van der Waals surface area (Å²) >= 11 is 0. The molecule has 1 unspecified atom stereocenters. The Balaban J connectivity index is 3.10. The number of anilines is 1.